The van der Waals surface area contributed by atoms with E-state index in [1.165, 1.54) is 0 Å². The molecule has 0 fully saturated rings. The third kappa shape index (κ3) is 2.67. The number of hydrogen-bond donors (Lipinski definition) is 2. The molecule has 0 aliphatic heterocycles. The quantitative estimate of drug-likeness (QED) is 0.888. The number of aryl methyl sites for hydroxylation is 1. The number of aromatic nitrogens is 3. The molecule has 0 bridgehead atoms. The van der Waals surface area contributed by atoms with Gasteiger partial charge in [0, 0.05) is 30.1 Å². The molecule has 0 atom stereocenters. The highest BCUT2D eigenvalue weighted by atomic mass is 79.9. The van der Waals surface area contributed by atoms with Gasteiger partial charge in [-0.1, -0.05) is 0 Å². The molecule has 6 nitrogen and oxygen atoms in total. The van der Waals surface area contributed by atoms with Crippen LogP contribution in [0.1, 0.15) is 16.2 Å². The highest BCUT2D eigenvalue weighted by Crippen LogP contribution is 2.15. The molecule has 0 aliphatic carbocycles. The van der Waals surface area contributed by atoms with Crippen molar-refractivity contribution in [1.29, 1.82) is 0 Å². The third-order valence-electron chi connectivity index (χ3n) is 2.46. The van der Waals surface area contributed by atoms with Gasteiger partial charge in [0.25, 0.3) is 5.91 Å². The molecule has 0 saturated heterocycles. The summed E-state index contributed by atoms with van der Waals surface area (Å²) in [6.07, 6.45) is 5.04. The summed E-state index contributed by atoms with van der Waals surface area (Å²) in [7, 11) is 1.86. The number of nitrogens with two attached hydrogens (primary N) is 1. The normalized spacial score (nSPS) is 10.3. The van der Waals surface area contributed by atoms with E-state index in [4.69, 9.17) is 5.73 Å². The Balaban J connectivity index is 2.08. The topological polar surface area (TPSA) is 85.8 Å². The minimum Gasteiger partial charge on any atom is -0.383 e. The van der Waals surface area contributed by atoms with E-state index in [0.717, 1.165) is 5.82 Å². The van der Waals surface area contributed by atoms with Gasteiger partial charge in [-0.2, -0.15) is 0 Å². The maximum atomic E-state index is 11.9. The van der Waals surface area contributed by atoms with Gasteiger partial charge in [0.1, 0.15) is 11.6 Å². The average molecular weight is 310 g/mol. The van der Waals surface area contributed by atoms with Crippen molar-refractivity contribution in [2.75, 3.05) is 5.73 Å². The average Bonchev–Trinajstić information content (AvgIpc) is 2.75. The summed E-state index contributed by atoms with van der Waals surface area (Å²) >= 11 is 3.25. The summed E-state index contributed by atoms with van der Waals surface area (Å²) < 4.78 is 2.54. The first-order valence-electron chi connectivity index (χ1n) is 5.23. The summed E-state index contributed by atoms with van der Waals surface area (Å²) in [6.45, 7) is 0.342. The van der Waals surface area contributed by atoms with Crippen LogP contribution in [0.15, 0.2) is 29.1 Å². The molecule has 2 heterocycles. The minimum absolute atomic E-state index is 0.204. The standard InChI is InChI=1S/C11H12BrN5O/c1-17-3-2-14-9(17)6-16-11(18)8-4-7(12)5-15-10(8)13/h2-5H,6H2,1H3,(H2,13,15)(H,16,18). The first-order valence-corrected chi connectivity index (χ1v) is 6.02. The molecule has 3 N–H and O–H groups in total. The molecule has 2 aromatic heterocycles. The van der Waals surface area contributed by atoms with Gasteiger partial charge in [-0.15, -0.1) is 0 Å². The van der Waals surface area contributed by atoms with Crippen molar-refractivity contribution in [2.45, 2.75) is 6.54 Å². The predicted octanol–water partition coefficient (Wildman–Crippen LogP) is 1.09. The van der Waals surface area contributed by atoms with Crippen molar-refractivity contribution in [1.82, 2.24) is 19.9 Å². The Morgan fingerprint density at radius 1 is 1.56 bits per heavy atom. The van der Waals surface area contributed by atoms with Crippen molar-refractivity contribution in [3.8, 4) is 0 Å². The van der Waals surface area contributed by atoms with Crippen molar-refractivity contribution in [2.24, 2.45) is 7.05 Å². The summed E-state index contributed by atoms with van der Waals surface area (Å²) in [5.74, 6) is 0.699. The van der Waals surface area contributed by atoms with Crippen molar-refractivity contribution >= 4 is 27.7 Å². The Hall–Kier alpha value is -1.89. The molecule has 2 rings (SSSR count). The Morgan fingerprint density at radius 2 is 2.33 bits per heavy atom. The number of halogens is 1. The molecular weight excluding hydrogens is 298 g/mol. The zero-order valence-electron chi connectivity index (χ0n) is 9.72. The Kier molecular flexibility index (Phi) is 3.61. The summed E-state index contributed by atoms with van der Waals surface area (Å²) in [5, 5.41) is 2.75. The zero-order chi connectivity index (χ0) is 13.1. The van der Waals surface area contributed by atoms with E-state index in [-0.39, 0.29) is 11.7 Å². The lowest BCUT2D eigenvalue weighted by Crippen LogP contribution is -2.25. The Morgan fingerprint density at radius 3 is 3.00 bits per heavy atom. The van der Waals surface area contributed by atoms with Gasteiger partial charge in [-0.3, -0.25) is 4.79 Å². The van der Waals surface area contributed by atoms with Crippen LogP contribution in [0.5, 0.6) is 0 Å². The number of nitrogens with one attached hydrogen (secondary N) is 1. The number of anilines is 1. The van der Waals surface area contributed by atoms with Crippen molar-refractivity contribution in [3.63, 3.8) is 0 Å². The van der Waals surface area contributed by atoms with Crippen LogP contribution in [0, 0.1) is 0 Å². The first-order chi connectivity index (χ1) is 8.58. The summed E-state index contributed by atoms with van der Waals surface area (Å²) in [4.78, 5) is 20.0. The Bertz CT molecular complexity index is 581. The van der Waals surface area contributed by atoms with Gasteiger partial charge in [0.05, 0.1) is 12.1 Å². The van der Waals surface area contributed by atoms with E-state index in [2.05, 4.69) is 31.2 Å². The van der Waals surface area contributed by atoms with Crippen LogP contribution in [0.2, 0.25) is 0 Å². The Labute approximate surface area is 112 Å². The maximum absolute atomic E-state index is 11.9. The number of pyridine rings is 1. The monoisotopic (exact) mass is 309 g/mol. The van der Waals surface area contributed by atoms with Crippen LogP contribution in [0.25, 0.3) is 0 Å². The van der Waals surface area contributed by atoms with Crippen LogP contribution in [-0.2, 0) is 13.6 Å². The van der Waals surface area contributed by atoms with Crippen LogP contribution in [0.3, 0.4) is 0 Å². The van der Waals surface area contributed by atoms with Gasteiger partial charge >= 0.3 is 0 Å². The van der Waals surface area contributed by atoms with Crippen LogP contribution in [0.4, 0.5) is 5.82 Å². The van der Waals surface area contributed by atoms with Crippen molar-refractivity contribution in [3.05, 3.63) is 40.5 Å². The number of rotatable bonds is 3. The molecule has 0 unspecified atom stereocenters. The molecule has 0 saturated carbocycles. The lowest BCUT2D eigenvalue weighted by molar-refractivity contribution is 0.0950. The van der Waals surface area contributed by atoms with Crippen LogP contribution >= 0.6 is 15.9 Å². The van der Waals surface area contributed by atoms with Gasteiger partial charge in [0.2, 0.25) is 0 Å². The number of carbonyl (C=O) groups excluding carboxylic acids is 1. The molecule has 18 heavy (non-hydrogen) atoms. The molecule has 2 aromatic rings. The fraction of sp³-hybridized carbons (Fsp3) is 0.182. The largest absolute Gasteiger partial charge is 0.383 e. The third-order valence-corrected chi connectivity index (χ3v) is 2.89. The number of carbonyl (C=O) groups is 1. The molecule has 7 heteroatoms. The van der Waals surface area contributed by atoms with Gasteiger partial charge in [0.15, 0.2) is 0 Å². The maximum Gasteiger partial charge on any atom is 0.255 e. The second-order valence-corrected chi connectivity index (χ2v) is 4.64. The van der Waals surface area contributed by atoms with E-state index in [1.807, 2.05) is 17.8 Å². The number of imidazole rings is 1. The van der Waals surface area contributed by atoms with Gasteiger partial charge < -0.3 is 15.6 Å². The van der Waals surface area contributed by atoms with Gasteiger partial charge in [-0.25, -0.2) is 9.97 Å². The zero-order valence-corrected chi connectivity index (χ0v) is 11.3. The van der Waals surface area contributed by atoms with Crippen molar-refractivity contribution < 1.29 is 4.79 Å². The molecular formula is C11H12BrN5O. The molecule has 0 aromatic carbocycles. The first kappa shape index (κ1) is 12.6. The molecule has 0 aliphatic rings. The van der Waals surface area contributed by atoms with E-state index in [1.54, 1.807) is 18.5 Å². The number of nitrogens with zero attached hydrogens (tertiary/aromatic N) is 3. The minimum atomic E-state index is -0.274. The number of amides is 1. The van der Waals surface area contributed by atoms with E-state index in [9.17, 15) is 4.79 Å². The second kappa shape index (κ2) is 5.18. The molecule has 94 valence electrons. The lowest BCUT2D eigenvalue weighted by atomic mass is 10.2. The molecule has 0 radical (unpaired) electrons. The lowest BCUT2D eigenvalue weighted by Gasteiger charge is -2.07. The van der Waals surface area contributed by atoms with Crippen LogP contribution < -0.4 is 11.1 Å². The molecule has 0 spiro atoms. The summed E-state index contributed by atoms with van der Waals surface area (Å²) in [6, 6.07) is 1.64. The van der Waals surface area contributed by atoms with Crippen LogP contribution in [-0.4, -0.2) is 20.4 Å². The van der Waals surface area contributed by atoms with E-state index in [0.29, 0.717) is 16.6 Å². The fourth-order valence-electron chi connectivity index (χ4n) is 1.45. The van der Waals surface area contributed by atoms with Gasteiger partial charge in [-0.05, 0) is 22.0 Å². The molecule has 1 amide bonds. The summed E-state index contributed by atoms with van der Waals surface area (Å²) in [5.41, 5.74) is 6.00. The number of hydrogen-bond acceptors (Lipinski definition) is 4. The number of nitrogen functional groups attached to an aromatic ring is 1. The van der Waals surface area contributed by atoms with E-state index >= 15 is 0 Å². The van der Waals surface area contributed by atoms with E-state index < -0.39 is 0 Å². The predicted molar refractivity (Wildman–Crippen MR) is 70.7 cm³/mol. The highest BCUT2D eigenvalue weighted by Gasteiger charge is 2.11. The fourth-order valence-corrected chi connectivity index (χ4v) is 1.78. The second-order valence-electron chi connectivity index (χ2n) is 3.72. The highest BCUT2D eigenvalue weighted by molar-refractivity contribution is 9.10. The SMILES string of the molecule is Cn1ccnc1CNC(=O)c1cc(Br)cnc1N. The smallest absolute Gasteiger partial charge is 0.255 e.